The summed E-state index contributed by atoms with van der Waals surface area (Å²) in [6.45, 7) is 0. The summed E-state index contributed by atoms with van der Waals surface area (Å²) in [7, 11) is 3.27. The Balaban J connectivity index is 1.40. The molecule has 0 saturated heterocycles. The van der Waals surface area contributed by atoms with Crippen LogP contribution in [0.15, 0.2) is 78.0 Å². The highest BCUT2D eigenvalue weighted by atomic mass is 32.2. The van der Waals surface area contributed by atoms with Gasteiger partial charge in [0.2, 0.25) is 5.91 Å². The van der Waals surface area contributed by atoms with Crippen molar-refractivity contribution in [2.75, 3.05) is 20.0 Å². The largest absolute Gasteiger partial charge is 0.497 e. The molecule has 0 spiro atoms. The molecule has 184 valence electrons. The molecule has 0 radical (unpaired) electrons. The first-order valence-corrected chi connectivity index (χ1v) is 12.9. The van der Waals surface area contributed by atoms with E-state index in [2.05, 4.69) is 33.7 Å². The van der Waals surface area contributed by atoms with Crippen molar-refractivity contribution in [3.8, 4) is 28.6 Å². The Bertz CT molecular complexity index is 1350. The van der Waals surface area contributed by atoms with E-state index in [9.17, 15) is 4.79 Å². The maximum Gasteiger partial charge on any atom is 0.230 e. The third kappa shape index (κ3) is 4.95. The Morgan fingerprint density at radius 3 is 2.58 bits per heavy atom. The summed E-state index contributed by atoms with van der Waals surface area (Å²) in [6.07, 6.45) is 3.09. The minimum absolute atomic E-state index is 0.0233. The first-order valence-electron chi connectivity index (χ1n) is 11.9. The third-order valence-corrected chi connectivity index (χ3v) is 7.28. The number of benzene rings is 3. The van der Waals surface area contributed by atoms with Crippen molar-refractivity contribution in [2.45, 2.75) is 30.5 Å². The van der Waals surface area contributed by atoms with Crippen molar-refractivity contribution in [2.24, 2.45) is 0 Å². The molecule has 0 saturated carbocycles. The monoisotopic (exact) mass is 500 g/mol. The van der Waals surface area contributed by atoms with Gasteiger partial charge in [-0.05, 0) is 66.8 Å². The molecule has 8 heteroatoms. The number of nitrogens with zero attached hydrogens (tertiary/aromatic N) is 3. The van der Waals surface area contributed by atoms with Crippen LogP contribution in [-0.2, 0) is 11.2 Å². The van der Waals surface area contributed by atoms with Gasteiger partial charge in [-0.2, -0.15) is 0 Å². The molecule has 4 aromatic rings. The standard InChI is InChI=1S/C28H28N4O3S/c1-34-21-16-14-20(15-17-21)32-27(23-11-5-6-13-25(23)35-2)30-31-28(32)36-18-26(33)29-24-12-7-9-19-8-3-4-10-22(19)24/h3-6,8,10-11,13-17,24H,7,9,12,18H2,1-2H3,(H,29,33)/t24-/m0/s1. The van der Waals surface area contributed by atoms with Crippen molar-refractivity contribution in [3.05, 3.63) is 83.9 Å². The van der Waals surface area contributed by atoms with Gasteiger partial charge in [-0.3, -0.25) is 9.36 Å². The molecule has 1 aromatic heterocycles. The van der Waals surface area contributed by atoms with Gasteiger partial charge in [-0.1, -0.05) is 48.2 Å². The molecule has 1 atom stereocenters. The van der Waals surface area contributed by atoms with E-state index in [1.54, 1.807) is 14.2 Å². The lowest BCUT2D eigenvalue weighted by atomic mass is 9.88. The van der Waals surface area contributed by atoms with Crippen molar-refractivity contribution < 1.29 is 14.3 Å². The van der Waals surface area contributed by atoms with Gasteiger partial charge in [0.1, 0.15) is 11.5 Å². The van der Waals surface area contributed by atoms with Crippen LogP contribution < -0.4 is 14.8 Å². The molecule has 0 aliphatic heterocycles. The maximum atomic E-state index is 13.0. The third-order valence-electron chi connectivity index (χ3n) is 6.35. The topological polar surface area (TPSA) is 78.3 Å². The van der Waals surface area contributed by atoms with Gasteiger partial charge in [0, 0.05) is 0 Å². The predicted octanol–water partition coefficient (Wildman–Crippen LogP) is 5.24. The van der Waals surface area contributed by atoms with Crippen LogP contribution in [0.25, 0.3) is 17.1 Å². The van der Waals surface area contributed by atoms with E-state index >= 15 is 0 Å². The van der Waals surface area contributed by atoms with Gasteiger partial charge >= 0.3 is 0 Å². The number of carbonyl (C=O) groups is 1. The summed E-state index contributed by atoms with van der Waals surface area (Å²) in [5, 5.41) is 12.8. The molecule has 1 aliphatic carbocycles. The molecule has 1 N–H and O–H groups in total. The normalized spacial score (nSPS) is 14.7. The maximum absolute atomic E-state index is 13.0. The first-order chi connectivity index (χ1) is 17.7. The average Bonchev–Trinajstić information content (AvgIpc) is 3.36. The number of ether oxygens (including phenoxy) is 2. The molecule has 5 rings (SSSR count). The molecule has 0 unspecified atom stereocenters. The first kappa shape index (κ1) is 23.9. The van der Waals surface area contributed by atoms with Gasteiger partial charge in [-0.25, -0.2) is 0 Å². The fourth-order valence-electron chi connectivity index (χ4n) is 4.60. The Labute approximate surface area is 214 Å². The van der Waals surface area contributed by atoms with Gasteiger partial charge in [-0.15, -0.1) is 10.2 Å². The summed E-state index contributed by atoms with van der Waals surface area (Å²) in [5.41, 5.74) is 4.23. The fraction of sp³-hybridized carbons (Fsp3) is 0.250. The summed E-state index contributed by atoms with van der Waals surface area (Å²) in [6, 6.07) is 23.8. The Kier molecular flexibility index (Phi) is 7.23. The zero-order chi connectivity index (χ0) is 24.9. The minimum Gasteiger partial charge on any atom is -0.497 e. The molecule has 3 aromatic carbocycles. The van der Waals surface area contributed by atoms with E-state index in [4.69, 9.17) is 9.47 Å². The lowest BCUT2D eigenvalue weighted by molar-refractivity contribution is -0.119. The number of thioether (sulfide) groups is 1. The lowest BCUT2D eigenvalue weighted by Crippen LogP contribution is -2.32. The molecular formula is C28H28N4O3S. The predicted molar refractivity (Wildman–Crippen MR) is 141 cm³/mol. The number of fused-ring (bicyclic) bond motifs is 1. The highest BCUT2D eigenvalue weighted by molar-refractivity contribution is 7.99. The second-order valence-electron chi connectivity index (χ2n) is 8.54. The number of aromatic nitrogens is 3. The quantitative estimate of drug-likeness (QED) is 0.334. The molecule has 7 nitrogen and oxygen atoms in total. The van der Waals surface area contributed by atoms with E-state index < -0.39 is 0 Å². The van der Waals surface area contributed by atoms with Crippen molar-refractivity contribution in [3.63, 3.8) is 0 Å². The Morgan fingerprint density at radius 2 is 1.78 bits per heavy atom. The van der Waals surface area contributed by atoms with E-state index in [-0.39, 0.29) is 17.7 Å². The molecule has 1 aliphatic rings. The zero-order valence-electron chi connectivity index (χ0n) is 20.3. The molecule has 1 amide bonds. The van der Waals surface area contributed by atoms with Crippen LogP contribution in [0.5, 0.6) is 11.5 Å². The number of hydrogen-bond donors (Lipinski definition) is 1. The minimum atomic E-state index is -0.0233. The smallest absolute Gasteiger partial charge is 0.230 e. The Morgan fingerprint density at radius 1 is 1.00 bits per heavy atom. The molecular weight excluding hydrogens is 472 g/mol. The number of methoxy groups -OCH3 is 2. The number of amides is 1. The van der Waals surface area contributed by atoms with Crippen LogP contribution in [0, 0.1) is 0 Å². The molecule has 0 bridgehead atoms. The second-order valence-corrected chi connectivity index (χ2v) is 9.48. The molecule has 1 heterocycles. The van der Waals surface area contributed by atoms with E-state index in [0.717, 1.165) is 36.3 Å². The van der Waals surface area contributed by atoms with E-state index in [0.29, 0.717) is 16.7 Å². The summed E-state index contributed by atoms with van der Waals surface area (Å²) in [5.74, 6) is 2.31. The number of aryl methyl sites for hydroxylation is 1. The van der Waals surface area contributed by atoms with Crippen LogP contribution in [0.1, 0.15) is 30.0 Å². The Hall–Kier alpha value is -3.78. The van der Waals surface area contributed by atoms with Gasteiger partial charge < -0.3 is 14.8 Å². The van der Waals surface area contributed by atoms with E-state index in [1.165, 1.54) is 22.9 Å². The number of carbonyl (C=O) groups excluding carboxylic acids is 1. The molecule has 36 heavy (non-hydrogen) atoms. The highest BCUT2D eigenvalue weighted by Gasteiger charge is 2.23. The molecule has 0 fully saturated rings. The number of nitrogens with one attached hydrogen (secondary N) is 1. The van der Waals surface area contributed by atoms with Crippen molar-refractivity contribution in [1.82, 2.24) is 20.1 Å². The highest BCUT2D eigenvalue weighted by Crippen LogP contribution is 2.34. The van der Waals surface area contributed by atoms with Crippen molar-refractivity contribution in [1.29, 1.82) is 0 Å². The average molecular weight is 501 g/mol. The second kappa shape index (κ2) is 10.9. The van der Waals surface area contributed by atoms with E-state index in [1.807, 2.05) is 59.2 Å². The van der Waals surface area contributed by atoms with Crippen LogP contribution in [-0.4, -0.2) is 40.6 Å². The summed E-state index contributed by atoms with van der Waals surface area (Å²) >= 11 is 1.36. The van der Waals surface area contributed by atoms with Gasteiger partial charge in [0.15, 0.2) is 11.0 Å². The van der Waals surface area contributed by atoms with Crippen molar-refractivity contribution >= 4 is 17.7 Å². The zero-order valence-corrected chi connectivity index (χ0v) is 21.1. The van der Waals surface area contributed by atoms with Crippen LogP contribution in [0.4, 0.5) is 0 Å². The van der Waals surface area contributed by atoms with Crippen LogP contribution in [0.2, 0.25) is 0 Å². The summed E-state index contributed by atoms with van der Waals surface area (Å²) in [4.78, 5) is 13.0. The lowest BCUT2D eigenvalue weighted by Gasteiger charge is -2.26. The van der Waals surface area contributed by atoms with Crippen LogP contribution >= 0.6 is 11.8 Å². The number of rotatable bonds is 8. The number of hydrogen-bond acceptors (Lipinski definition) is 6. The fourth-order valence-corrected chi connectivity index (χ4v) is 5.36. The summed E-state index contributed by atoms with van der Waals surface area (Å²) < 4.78 is 12.9. The van der Waals surface area contributed by atoms with Crippen LogP contribution in [0.3, 0.4) is 0 Å². The SMILES string of the molecule is COc1ccc(-n2c(SCC(=O)N[C@H]3CCCc4ccccc43)nnc2-c2ccccc2OC)cc1. The van der Waals surface area contributed by atoms with Gasteiger partial charge in [0.25, 0.3) is 0 Å². The number of para-hydroxylation sites is 1. The van der Waals surface area contributed by atoms with Gasteiger partial charge in [0.05, 0.1) is 37.3 Å².